The number of anilines is 1. The lowest BCUT2D eigenvalue weighted by Crippen LogP contribution is -2.38. The fourth-order valence-electron chi connectivity index (χ4n) is 2.51. The highest BCUT2D eigenvalue weighted by Gasteiger charge is 2.23. The number of rotatable bonds is 4. The smallest absolute Gasteiger partial charge is 0.186 e. The number of hydrogen-bond acceptors (Lipinski definition) is 4. The van der Waals surface area contributed by atoms with Crippen LogP contribution in [0.15, 0.2) is 0 Å². The van der Waals surface area contributed by atoms with E-state index in [9.17, 15) is 5.11 Å². The van der Waals surface area contributed by atoms with E-state index in [1.807, 2.05) is 0 Å². The van der Waals surface area contributed by atoms with E-state index in [0.29, 0.717) is 6.04 Å². The van der Waals surface area contributed by atoms with Crippen molar-refractivity contribution in [1.29, 1.82) is 0 Å². The van der Waals surface area contributed by atoms with Gasteiger partial charge in [-0.25, -0.2) is 4.98 Å². The first-order valence-corrected chi connectivity index (χ1v) is 7.35. The highest BCUT2D eigenvalue weighted by Crippen LogP contribution is 2.31. The second-order valence-corrected chi connectivity index (χ2v) is 6.03. The summed E-state index contributed by atoms with van der Waals surface area (Å²) in [6.07, 6.45) is 6.49. The Balaban J connectivity index is 2.15. The van der Waals surface area contributed by atoms with E-state index in [0.717, 1.165) is 17.4 Å². The van der Waals surface area contributed by atoms with Crippen LogP contribution < -0.4 is 4.90 Å². The van der Waals surface area contributed by atoms with Gasteiger partial charge >= 0.3 is 0 Å². The SMILES string of the molecule is Cc1nc(N(CCO)C2CCCCC2)sc1C. The van der Waals surface area contributed by atoms with E-state index in [2.05, 4.69) is 23.7 Å². The molecule has 1 N–H and O–H groups in total. The number of nitrogens with zero attached hydrogens (tertiary/aromatic N) is 2. The van der Waals surface area contributed by atoms with Gasteiger partial charge in [0, 0.05) is 17.5 Å². The molecule has 0 atom stereocenters. The van der Waals surface area contributed by atoms with Crippen molar-refractivity contribution in [3.8, 4) is 0 Å². The van der Waals surface area contributed by atoms with Gasteiger partial charge < -0.3 is 10.0 Å². The maximum absolute atomic E-state index is 9.24. The minimum absolute atomic E-state index is 0.216. The zero-order valence-corrected chi connectivity index (χ0v) is 11.6. The van der Waals surface area contributed by atoms with Gasteiger partial charge in [-0.1, -0.05) is 19.3 Å². The van der Waals surface area contributed by atoms with Crippen LogP contribution in [-0.2, 0) is 0 Å². The molecule has 0 aromatic carbocycles. The van der Waals surface area contributed by atoms with Crippen molar-refractivity contribution < 1.29 is 5.11 Å². The first-order chi connectivity index (χ1) is 8.22. The molecule has 4 heteroatoms. The molecule has 17 heavy (non-hydrogen) atoms. The number of aliphatic hydroxyl groups is 1. The molecule has 0 radical (unpaired) electrons. The molecule has 0 unspecified atom stereocenters. The van der Waals surface area contributed by atoms with Crippen molar-refractivity contribution in [3.63, 3.8) is 0 Å². The summed E-state index contributed by atoms with van der Waals surface area (Å²) >= 11 is 1.76. The van der Waals surface area contributed by atoms with E-state index < -0.39 is 0 Å². The minimum Gasteiger partial charge on any atom is -0.395 e. The van der Waals surface area contributed by atoms with E-state index in [4.69, 9.17) is 0 Å². The lowest BCUT2D eigenvalue weighted by Gasteiger charge is -2.33. The molecule has 1 aliphatic rings. The van der Waals surface area contributed by atoms with Gasteiger partial charge in [-0.05, 0) is 26.7 Å². The molecule has 0 bridgehead atoms. The third-order valence-corrected chi connectivity index (χ3v) is 4.73. The summed E-state index contributed by atoms with van der Waals surface area (Å²) in [5.74, 6) is 0. The number of aryl methyl sites for hydroxylation is 2. The Morgan fingerprint density at radius 3 is 2.53 bits per heavy atom. The number of aromatic nitrogens is 1. The molecule has 96 valence electrons. The van der Waals surface area contributed by atoms with Crippen molar-refractivity contribution in [3.05, 3.63) is 10.6 Å². The van der Waals surface area contributed by atoms with E-state index in [1.54, 1.807) is 11.3 Å². The molecular formula is C13H22N2OS. The largest absolute Gasteiger partial charge is 0.395 e. The Hall–Kier alpha value is -0.610. The predicted octanol–water partition coefficient (Wildman–Crippen LogP) is 2.89. The molecule has 0 amide bonds. The van der Waals surface area contributed by atoms with Crippen molar-refractivity contribution >= 4 is 16.5 Å². The van der Waals surface area contributed by atoms with Crippen LogP contribution in [-0.4, -0.2) is 29.3 Å². The van der Waals surface area contributed by atoms with Crippen LogP contribution in [0.2, 0.25) is 0 Å². The molecule has 1 fully saturated rings. The maximum Gasteiger partial charge on any atom is 0.186 e. The van der Waals surface area contributed by atoms with Gasteiger partial charge in [-0.2, -0.15) is 0 Å². The summed E-state index contributed by atoms with van der Waals surface area (Å²) in [4.78, 5) is 8.25. The van der Waals surface area contributed by atoms with Crippen molar-refractivity contribution in [1.82, 2.24) is 4.98 Å². The molecule has 0 aliphatic heterocycles. The number of thiazole rings is 1. The highest BCUT2D eigenvalue weighted by molar-refractivity contribution is 7.15. The Bertz CT molecular complexity index is 339. The van der Waals surface area contributed by atoms with Crippen LogP contribution in [0.4, 0.5) is 5.13 Å². The van der Waals surface area contributed by atoms with Gasteiger partial charge in [0.1, 0.15) is 0 Å². The second kappa shape index (κ2) is 5.83. The lowest BCUT2D eigenvalue weighted by molar-refractivity contribution is 0.290. The summed E-state index contributed by atoms with van der Waals surface area (Å²) in [5.41, 5.74) is 1.13. The summed E-state index contributed by atoms with van der Waals surface area (Å²) in [5, 5.41) is 10.3. The average Bonchev–Trinajstić information content (AvgIpc) is 2.67. The maximum atomic E-state index is 9.24. The van der Waals surface area contributed by atoms with Crippen molar-refractivity contribution in [2.24, 2.45) is 0 Å². The van der Waals surface area contributed by atoms with Crippen LogP contribution in [0.3, 0.4) is 0 Å². The van der Waals surface area contributed by atoms with Crippen LogP contribution in [0.1, 0.15) is 42.7 Å². The fraction of sp³-hybridized carbons (Fsp3) is 0.769. The number of hydrogen-bond donors (Lipinski definition) is 1. The molecule has 1 aromatic heterocycles. The molecule has 2 rings (SSSR count). The Morgan fingerprint density at radius 1 is 1.29 bits per heavy atom. The molecule has 0 spiro atoms. The van der Waals surface area contributed by atoms with Gasteiger partial charge in [-0.15, -0.1) is 11.3 Å². The fourth-order valence-corrected chi connectivity index (χ4v) is 3.52. The first-order valence-electron chi connectivity index (χ1n) is 6.54. The van der Waals surface area contributed by atoms with Crippen LogP contribution >= 0.6 is 11.3 Å². The van der Waals surface area contributed by atoms with E-state index in [-0.39, 0.29) is 6.61 Å². The highest BCUT2D eigenvalue weighted by atomic mass is 32.1. The van der Waals surface area contributed by atoms with Gasteiger partial charge in [0.05, 0.1) is 12.3 Å². The van der Waals surface area contributed by atoms with E-state index >= 15 is 0 Å². The van der Waals surface area contributed by atoms with Crippen LogP contribution in [0, 0.1) is 13.8 Å². The standard InChI is InChI=1S/C13H22N2OS/c1-10-11(2)17-13(14-10)15(8-9-16)12-6-4-3-5-7-12/h12,16H,3-9H2,1-2H3. The Morgan fingerprint density at radius 2 is 2.00 bits per heavy atom. The average molecular weight is 254 g/mol. The second-order valence-electron chi connectivity index (χ2n) is 4.85. The minimum atomic E-state index is 0.216. The van der Waals surface area contributed by atoms with Crippen molar-refractivity contribution in [2.45, 2.75) is 52.0 Å². The summed E-state index contributed by atoms with van der Waals surface area (Å²) < 4.78 is 0. The number of aliphatic hydroxyl groups excluding tert-OH is 1. The third-order valence-electron chi connectivity index (χ3n) is 3.62. The topological polar surface area (TPSA) is 36.4 Å². The van der Waals surface area contributed by atoms with Gasteiger partial charge in [0.15, 0.2) is 5.13 Å². The van der Waals surface area contributed by atoms with Gasteiger partial charge in [0.25, 0.3) is 0 Å². The zero-order chi connectivity index (χ0) is 12.3. The Labute approximate surface area is 107 Å². The monoisotopic (exact) mass is 254 g/mol. The summed E-state index contributed by atoms with van der Waals surface area (Å²) in [6.45, 7) is 5.12. The Kier molecular flexibility index (Phi) is 4.40. The summed E-state index contributed by atoms with van der Waals surface area (Å²) in [7, 11) is 0. The molecule has 1 aromatic rings. The lowest BCUT2D eigenvalue weighted by atomic mass is 9.94. The zero-order valence-electron chi connectivity index (χ0n) is 10.8. The van der Waals surface area contributed by atoms with Crippen molar-refractivity contribution in [2.75, 3.05) is 18.1 Å². The molecule has 3 nitrogen and oxygen atoms in total. The van der Waals surface area contributed by atoms with Crippen LogP contribution in [0.5, 0.6) is 0 Å². The molecule has 1 saturated carbocycles. The molecule has 1 heterocycles. The first kappa shape index (κ1) is 12.8. The summed E-state index contributed by atoms with van der Waals surface area (Å²) in [6, 6.07) is 0.584. The normalized spacial score (nSPS) is 17.4. The molecule has 0 saturated heterocycles. The third kappa shape index (κ3) is 2.99. The van der Waals surface area contributed by atoms with Gasteiger partial charge in [0.2, 0.25) is 0 Å². The quantitative estimate of drug-likeness (QED) is 0.897. The van der Waals surface area contributed by atoms with Crippen LogP contribution in [0.25, 0.3) is 0 Å². The van der Waals surface area contributed by atoms with E-state index in [1.165, 1.54) is 37.0 Å². The molecular weight excluding hydrogens is 232 g/mol. The molecule has 1 aliphatic carbocycles. The van der Waals surface area contributed by atoms with Gasteiger partial charge in [-0.3, -0.25) is 0 Å². The predicted molar refractivity (Wildman–Crippen MR) is 72.9 cm³/mol.